The number of cyclic esters (lactones) is 1. The smallest absolute Gasteiger partial charge is 0.414 e. The van der Waals surface area contributed by atoms with Gasteiger partial charge < -0.3 is 20.5 Å². The highest BCUT2D eigenvalue weighted by molar-refractivity contribution is 5.93. The lowest BCUT2D eigenvalue weighted by Gasteiger charge is -2.16. The van der Waals surface area contributed by atoms with Crippen LogP contribution in [0.25, 0.3) is 0 Å². The summed E-state index contributed by atoms with van der Waals surface area (Å²) in [6, 6.07) is 6.52. The molecule has 1 unspecified atom stereocenters. The highest BCUT2D eigenvalue weighted by Crippen LogP contribution is 2.22. The number of rotatable bonds is 5. The van der Waals surface area contributed by atoms with Crippen molar-refractivity contribution in [1.29, 1.82) is 0 Å². The standard InChI is InChI=1S/C14H19N3O4/c1-10(5-7-18)15-13(19)16-11-3-2-4-12(9-11)17-6-8-21-14(17)20/h2-4,9-10,18H,5-8H2,1H3,(H2,15,16,19). The Kier molecular flexibility index (Phi) is 4.99. The minimum atomic E-state index is -0.381. The zero-order valence-corrected chi connectivity index (χ0v) is 11.8. The van der Waals surface area contributed by atoms with E-state index in [0.717, 1.165) is 0 Å². The van der Waals surface area contributed by atoms with Gasteiger partial charge in [0, 0.05) is 24.0 Å². The van der Waals surface area contributed by atoms with E-state index in [-0.39, 0.29) is 24.8 Å². The summed E-state index contributed by atoms with van der Waals surface area (Å²) < 4.78 is 4.88. The zero-order chi connectivity index (χ0) is 15.2. The molecule has 0 aromatic heterocycles. The monoisotopic (exact) mass is 293 g/mol. The molecule has 1 fully saturated rings. The molecule has 21 heavy (non-hydrogen) atoms. The molecule has 1 atom stereocenters. The van der Waals surface area contributed by atoms with Gasteiger partial charge in [0.1, 0.15) is 6.61 Å². The number of anilines is 2. The first kappa shape index (κ1) is 15.1. The van der Waals surface area contributed by atoms with Crippen LogP contribution in [0.4, 0.5) is 21.0 Å². The zero-order valence-electron chi connectivity index (χ0n) is 11.8. The van der Waals surface area contributed by atoms with E-state index >= 15 is 0 Å². The maximum atomic E-state index is 11.8. The van der Waals surface area contributed by atoms with E-state index in [0.29, 0.717) is 30.9 Å². The van der Waals surface area contributed by atoms with E-state index < -0.39 is 0 Å². The number of hydrogen-bond acceptors (Lipinski definition) is 4. The van der Waals surface area contributed by atoms with Crippen molar-refractivity contribution in [2.45, 2.75) is 19.4 Å². The fourth-order valence-corrected chi connectivity index (χ4v) is 2.04. The number of carbonyl (C=O) groups is 2. The molecule has 1 aromatic carbocycles. The van der Waals surface area contributed by atoms with Crippen LogP contribution in [-0.2, 0) is 4.74 Å². The van der Waals surface area contributed by atoms with Gasteiger partial charge >= 0.3 is 12.1 Å². The van der Waals surface area contributed by atoms with Gasteiger partial charge in [0.05, 0.1) is 6.54 Å². The number of nitrogens with one attached hydrogen (secondary N) is 2. The van der Waals surface area contributed by atoms with Crippen molar-refractivity contribution in [3.05, 3.63) is 24.3 Å². The fourth-order valence-electron chi connectivity index (χ4n) is 2.04. The third kappa shape index (κ3) is 4.09. The van der Waals surface area contributed by atoms with Crippen molar-refractivity contribution in [3.63, 3.8) is 0 Å². The molecule has 1 saturated heterocycles. The summed E-state index contributed by atoms with van der Waals surface area (Å²) in [7, 11) is 0. The van der Waals surface area contributed by atoms with E-state index in [9.17, 15) is 9.59 Å². The molecule has 3 amide bonds. The number of hydrogen-bond donors (Lipinski definition) is 3. The molecule has 1 aliphatic rings. The quantitative estimate of drug-likeness (QED) is 0.768. The number of amides is 3. The van der Waals surface area contributed by atoms with Crippen LogP contribution in [0.15, 0.2) is 24.3 Å². The van der Waals surface area contributed by atoms with Crippen LogP contribution in [0.2, 0.25) is 0 Å². The minimum Gasteiger partial charge on any atom is -0.447 e. The Morgan fingerprint density at radius 2 is 2.33 bits per heavy atom. The third-order valence-electron chi connectivity index (χ3n) is 3.12. The minimum absolute atomic E-state index is 0.0218. The second-order valence-electron chi connectivity index (χ2n) is 4.83. The Morgan fingerprint density at radius 1 is 1.52 bits per heavy atom. The van der Waals surface area contributed by atoms with Gasteiger partial charge in [-0.2, -0.15) is 0 Å². The summed E-state index contributed by atoms with van der Waals surface area (Å²) in [5.41, 5.74) is 1.26. The predicted molar refractivity (Wildman–Crippen MR) is 78.5 cm³/mol. The number of urea groups is 1. The molecule has 0 bridgehead atoms. The molecule has 7 nitrogen and oxygen atoms in total. The average Bonchev–Trinajstić information content (AvgIpc) is 2.85. The molecular weight excluding hydrogens is 274 g/mol. The summed E-state index contributed by atoms with van der Waals surface area (Å²) in [4.78, 5) is 24.8. The number of aliphatic hydroxyl groups excluding tert-OH is 1. The van der Waals surface area contributed by atoms with Crippen LogP contribution in [-0.4, -0.2) is 43.0 Å². The van der Waals surface area contributed by atoms with Crippen LogP contribution in [0.3, 0.4) is 0 Å². The van der Waals surface area contributed by atoms with Crippen molar-refractivity contribution >= 4 is 23.5 Å². The van der Waals surface area contributed by atoms with Crippen LogP contribution >= 0.6 is 0 Å². The van der Waals surface area contributed by atoms with Crippen LogP contribution in [0, 0.1) is 0 Å². The number of nitrogens with zero attached hydrogens (tertiary/aromatic N) is 1. The van der Waals surface area contributed by atoms with Gasteiger partial charge in [0.15, 0.2) is 0 Å². The summed E-state index contributed by atoms with van der Waals surface area (Å²) in [6.45, 7) is 2.71. The Hall–Kier alpha value is -2.28. The molecule has 7 heteroatoms. The lowest BCUT2D eigenvalue weighted by Crippen LogP contribution is -2.36. The normalized spacial score (nSPS) is 15.5. The molecule has 114 valence electrons. The van der Waals surface area contributed by atoms with Gasteiger partial charge in [-0.1, -0.05) is 6.07 Å². The lowest BCUT2D eigenvalue weighted by molar-refractivity contribution is 0.181. The SMILES string of the molecule is CC(CCO)NC(=O)Nc1cccc(N2CCOC2=O)c1. The Balaban J connectivity index is 1.97. The van der Waals surface area contributed by atoms with E-state index in [4.69, 9.17) is 9.84 Å². The van der Waals surface area contributed by atoms with Gasteiger partial charge in [-0.05, 0) is 31.5 Å². The molecule has 3 N–H and O–H groups in total. The average molecular weight is 293 g/mol. The number of benzene rings is 1. The van der Waals surface area contributed by atoms with Crippen molar-refractivity contribution in [2.75, 3.05) is 30.0 Å². The second kappa shape index (κ2) is 6.94. The summed E-state index contributed by atoms with van der Waals surface area (Å²) in [5, 5.41) is 14.2. The van der Waals surface area contributed by atoms with Gasteiger partial charge in [-0.3, -0.25) is 4.90 Å². The predicted octanol–water partition coefficient (Wildman–Crippen LogP) is 1.54. The molecule has 1 aromatic rings. The maximum Gasteiger partial charge on any atom is 0.414 e. The number of carbonyl (C=O) groups excluding carboxylic acids is 2. The number of ether oxygens (including phenoxy) is 1. The highest BCUT2D eigenvalue weighted by Gasteiger charge is 2.23. The number of aliphatic hydroxyl groups is 1. The first-order valence-corrected chi connectivity index (χ1v) is 6.83. The van der Waals surface area contributed by atoms with E-state index in [1.165, 1.54) is 4.90 Å². The molecule has 1 aliphatic heterocycles. The van der Waals surface area contributed by atoms with Gasteiger partial charge in [0.25, 0.3) is 0 Å². The summed E-state index contributed by atoms with van der Waals surface area (Å²) in [5.74, 6) is 0. The third-order valence-corrected chi connectivity index (χ3v) is 3.12. The maximum absolute atomic E-state index is 11.8. The molecule has 0 saturated carbocycles. The molecule has 0 aliphatic carbocycles. The summed E-state index contributed by atoms with van der Waals surface area (Å²) >= 11 is 0. The van der Waals surface area contributed by atoms with Gasteiger partial charge in [-0.25, -0.2) is 9.59 Å². The first-order chi connectivity index (χ1) is 10.1. The summed E-state index contributed by atoms with van der Waals surface area (Å²) in [6.07, 6.45) is 0.112. The molecule has 2 rings (SSSR count). The Labute approximate surface area is 122 Å². The highest BCUT2D eigenvalue weighted by atomic mass is 16.6. The van der Waals surface area contributed by atoms with Gasteiger partial charge in [-0.15, -0.1) is 0 Å². The lowest BCUT2D eigenvalue weighted by atomic mass is 10.2. The van der Waals surface area contributed by atoms with E-state index in [1.54, 1.807) is 24.3 Å². The van der Waals surface area contributed by atoms with Crippen molar-refractivity contribution in [2.24, 2.45) is 0 Å². The molecular formula is C14H19N3O4. The van der Waals surface area contributed by atoms with Crippen molar-refractivity contribution < 1.29 is 19.4 Å². The Morgan fingerprint density at radius 3 is 3.00 bits per heavy atom. The molecule has 0 spiro atoms. The topological polar surface area (TPSA) is 90.9 Å². The van der Waals surface area contributed by atoms with Crippen LogP contribution in [0.5, 0.6) is 0 Å². The second-order valence-corrected chi connectivity index (χ2v) is 4.83. The van der Waals surface area contributed by atoms with E-state index in [2.05, 4.69) is 10.6 Å². The van der Waals surface area contributed by atoms with Crippen LogP contribution in [0.1, 0.15) is 13.3 Å². The van der Waals surface area contributed by atoms with Crippen molar-refractivity contribution in [1.82, 2.24) is 5.32 Å². The molecule has 0 radical (unpaired) electrons. The van der Waals surface area contributed by atoms with E-state index in [1.807, 2.05) is 6.92 Å². The van der Waals surface area contributed by atoms with Crippen LogP contribution < -0.4 is 15.5 Å². The fraction of sp³-hybridized carbons (Fsp3) is 0.429. The van der Waals surface area contributed by atoms with Crippen molar-refractivity contribution in [3.8, 4) is 0 Å². The molecule has 1 heterocycles. The first-order valence-electron chi connectivity index (χ1n) is 6.83. The Bertz CT molecular complexity index is 521. The largest absolute Gasteiger partial charge is 0.447 e. The van der Waals surface area contributed by atoms with Gasteiger partial charge in [0.2, 0.25) is 0 Å².